The molecule has 0 aromatic heterocycles. The van der Waals surface area contributed by atoms with Gasteiger partial charge in [-0.25, -0.2) is 0 Å². The van der Waals surface area contributed by atoms with Crippen LogP contribution in [0, 0.1) is 0 Å². The van der Waals surface area contributed by atoms with Crippen molar-refractivity contribution in [3.63, 3.8) is 0 Å². The van der Waals surface area contributed by atoms with Crippen LogP contribution in [0.2, 0.25) is 0 Å². The van der Waals surface area contributed by atoms with Crippen LogP contribution < -0.4 is 5.32 Å². The lowest BCUT2D eigenvalue weighted by atomic mass is 10.1. The van der Waals surface area contributed by atoms with Crippen LogP contribution in [-0.2, 0) is 4.79 Å². The summed E-state index contributed by atoms with van der Waals surface area (Å²) in [6.07, 6.45) is 2.13. The number of benzene rings is 2. The quantitative estimate of drug-likeness (QED) is 0.909. The number of fused-ring (bicyclic) bond motifs is 1. The zero-order chi connectivity index (χ0) is 15.5. The maximum Gasteiger partial charge on any atom is 0.253 e. The highest BCUT2D eigenvalue weighted by molar-refractivity contribution is 5.86. The fraction of sp³-hybridized carbons (Fsp3) is 0.278. The van der Waals surface area contributed by atoms with E-state index in [9.17, 15) is 9.90 Å². The van der Waals surface area contributed by atoms with Gasteiger partial charge in [0, 0.05) is 5.54 Å². The number of nitrogens with one attached hydrogen (secondary N) is 1. The Bertz CT molecular complexity index is 668. The summed E-state index contributed by atoms with van der Waals surface area (Å²) in [6.45, 7) is 5.64. The SMILES string of the molecule is CC(C)(C)NC(=O)[C@@H](O)/C=C/c1ccc2ccccc2c1. The molecule has 21 heavy (non-hydrogen) atoms. The van der Waals surface area contributed by atoms with E-state index < -0.39 is 6.10 Å². The molecule has 2 N–H and O–H groups in total. The zero-order valence-electron chi connectivity index (χ0n) is 12.6. The number of carbonyl (C=O) groups excluding carboxylic acids is 1. The van der Waals surface area contributed by atoms with Crippen molar-refractivity contribution in [1.29, 1.82) is 0 Å². The van der Waals surface area contributed by atoms with Gasteiger partial charge in [0.1, 0.15) is 0 Å². The van der Waals surface area contributed by atoms with Crippen LogP contribution in [0.4, 0.5) is 0 Å². The van der Waals surface area contributed by atoms with E-state index in [0.29, 0.717) is 0 Å². The summed E-state index contributed by atoms with van der Waals surface area (Å²) in [5.74, 6) is -0.389. The maximum absolute atomic E-state index is 11.8. The van der Waals surface area contributed by atoms with Crippen LogP contribution in [0.1, 0.15) is 26.3 Å². The van der Waals surface area contributed by atoms with Gasteiger partial charge in [0.2, 0.25) is 0 Å². The molecule has 1 amide bonds. The van der Waals surface area contributed by atoms with Crippen LogP contribution >= 0.6 is 0 Å². The minimum atomic E-state index is -1.14. The third-order valence-electron chi connectivity index (χ3n) is 3.01. The molecule has 0 aliphatic carbocycles. The Morgan fingerprint density at radius 3 is 2.48 bits per heavy atom. The number of aliphatic hydroxyl groups is 1. The molecule has 2 rings (SSSR count). The fourth-order valence-corrected chi connectivity index (χ4v) is 2.04. The second-order valence-corrected chi connectivity index (χ2v) is 6.15. The maximum atomic E-state index is 11.8. The molecule has 0 unspecified atom stereocenters. The van der Waals surface area contributed by atoms with Gasteiger partial charge in [-0.1, -0.05) is 42.5 Å². The molecular formula is C18H21NO2. The van der Waals surface area contributed by atoms with Crippen LogP contribution in [0.25, 0.3) is 16.8 Å². The van der Waals surface area contributed by atoms with Gasteiger partial charge in [-0.2, -0.15) is 0 Å². The minimum Gasteiger partial charge on any atom is -0.379 e. The molecule has 0 fully saturated rings. The first-order valence-corrected chi connectivity index (χ1v) is 7.02. The Balaban J connectivity index is 2.10. The smallest absolute Gasteiger partial charge is 0.253 e. The van der Waals surface area contributed by atoms with Gasteiger partial charge in [0.15, 0.2) is 6.10 Å². The van der Waals surface area contributed by atoms with Gasteiger partial charge in [0.05, 0.1) is 0 Å². The summed E-state index contributed by atoms with van der Waals surface area (Å²) < 4.78 is 0. The van der Waals surface area contributed by atoms with Crippen molar-refractivity contribution >= 4 is 22.8 Å². The van der Waals surface area contributed by atoms with E-state index in [1.54, 1.807) is 6.08 Å². The first-order valence-electron chi connectivity index (χ1n) is 7.02. The van der Waals surface area contributed by atoms with Crippen LogP contribution in [0.15, 0.2) is 48.5 Å². The molecule has 3 nitrogen and oxygen atoms in total. The summed E-state index contributed by atoms with van der Waals surface area (Å²) in [4.78, 5) is 11.8. The van der Waals surface area contributed by atoms with Crippen LogP contribution in [0.5, 0.6) is 0 Å². The summed E-state index contributed by atoms with van der Waals surface area (Å²) in [7, 11) is 0. The van der Waals surface area contributed by atoms with E-state index in [0.717, 1.165) is 10.9 Å². The van der Waals surface area contributed by atoms with Gasteiger partial charge in [-0.15, -0.1) is 0 Å². The normalized spacial score (nSPS) is 13.5. The number of hydrogen-bond acceptors (Lipinski definition) is 2. The fourth-order valence-electron chi connectivity index (χ4n) is 2.04. The van der Waals surface area contributed by atoms with Crippen molar-refractivity contribution < 1.29 is 9.90 Å². The Labute approximate surface area is 125 Å². The molecule has 0 aliphatic rings. The van der Waals surface area contributed by atoms with E-state index in [2.05, 4.69) is 11.4 Å². The van der Waals surface area contributed by atoms with Gasteiger partial charge < -0.3 is 10.4 Å². The Morgan fingerprint density at radius 1 is 1.14 bits per heavy atom. The monoisotopic (exact) mass is 283 g/mol. The molecule has 2 aromatic rings. The summed E-state index contributed by atoms with van der Waals surface area (Å²) in [5.41, 5.74) is 0.603. The number of carbonyl (C=O) groups is 1. The molecule has 0 bridgehead atoms. The Morgan fingerprint density at radius 2 is 1.81 bits per heavy atom. The van der Waals surface area contributed by atoms with E-state index in [4.69, 9.17) is 0 Å². The number of rotatable bonds is 3. The number of hydrogen-bond donors (Lipinski definition) is 2. The molecule has 2 aromatic carbocycles. The molecular weight excluding hydrogens is 262 g/mol. The second kappa shape index (κ2) is 6.10. The van der Waals surface area contributed by atoms with Gasteiger partial charge >= 0.3 is 0 Å². The molecule has 3 heteroatoms. The van der Waals surface area contributed by atoms with Crippen molar-refractivity contribution in [3.8, 4) is 0 Å². The van der Waals surface area contributed by atoms with E-state index in [1.165, 1.54) is 11.5 Å². The van der Waals surface area contributed by atoms with Crippen molar-refractivity contribution in [2.75, 3.05) is 0 Å². The third-order valence-corrected chi connectivity index (χ3v) is 3.01. The lowest BCUT2D eigenvalue weighted by Gasteiger charge is -2.21. The molecule has 0 heterocycles. The first-order chi connectivity index (χ1) is 9.85. The summed E-state index contributed by atoms with van der Waals surface area (Å²) in [5, 5.41) is 14.9. The molecule has 1 atom stereocenters. The summed E-state index contributed by atoms with van der Waals surface area (Å²) in [6, 6.07) is 14.1. The Kier molecular flexibility index (Phi) is 4.43. The van der Waals surface area contributed by atoms with Crippen molar-refractivity contribution in [2.24, 2.45) is 0 Å². The third kappa shape index (κ3) is 4.43. The van der Waals surface area contributed by atoms with Gasteiger partial charge in [-0.3, -0.25) is 4.79 Å². The van der Waals surface area contributed by atoms with Crippen molar-refractivity contribution in [3.05, 3.63) is 54.1 Å². The standard InChI is InChI=1S/C18H21NO2/c1-18(2,3)19-17(21)16(20)11-9-13-8-10-14-6-4-5-7-15(14)12-13/h4-12,16,20H,1-3H3,(H,19,21)/b11-9+/t16-/m0/s1. The number of aliphatic hydroxyl groups excluding tert-OH is 1. The van der Waals surface area contributed by atoms with E-state index in [-0.39, 0.29) is 11.4 Å². The average molecular weight is 283 g/mol. The van der Waals surface area contributed by atoms with Crippen molar-refractivity contribution in [2.45, 2.75) is 32.4 Å². The molecule has 0 spiro atoms. The highest BCUT2D eigenvalue weighted by Crippen LogP contribution is 2.16. The van der Waals surface area contributed by atoms with E-state index in [1.807, 2.05) is 57.2 Å². The molecule has 110 valence electrons. The topological polar surface area (TPSA) is 49.3 Å². The summed E-state index contributed by atoms with van der Waals surface area (Å²) >= 11 is 0. The molecule has 0 aliphatic heterocycles. The lowest BCUT2D eigenvalue weighted by molar-refractivity contribution is -0.128. The highest BCUT2D eigenvalue weighted by Gasteiger charge is 2.18. The van der Waals surface area contributed by atoms with E-state index >= 15 is 0 Å². The first kappa shape index (κ1) is 15.3. The number of amides is 1. The van der Waals surface area contributed by atoms with Crippen LogP contribution in [-0.4, -0.2) is 22.7 Å². The van der Waals surface area contributed by atoms with Crippen LogP contribution in [0.3, 0.4) is 0 Å². The van der Waals surface area contributed by atoms with Crippen molar-refractivity contribution in [1.82, 2.24) is 5.32 Å². The largest absolute Gasteiger partial charge is 0.379 e. The minimum absolute atomic E-state index is 0.352. The highest BCUT2D eigenvalue weighted by atomic mass is 16.3. The lowest BCUT2D eigenvalue weighted by Crippen LogP contribution is -2.45. The Hall–Kier alpha value is -2.13. The average Bonchev–Trinajstić information content (AvgIpc) is 2.42. The molecule has 0 saturated heterocycles. The van der Waals surface area contributed by atoms with Gasteiger partial charge in [-0.05, 0) is 49.2 Å². The predicted octanol–water partition coefficient (Wildman–Crippen LogP) is 3.13. The molecule has 0 radical (unpaired) electrons. The second-order valence-electron chi connectivity index (χ2n) is 6.15. The van der Waals surface area contributed by atoms with Gasteiger partial charge in [0.25, 0.3) is 5.91 Å². The zero-order valence-corrected chi connectivity index (χ0v) is 12.6. The molecule has 0 saturated carbocycles. The predicted molar refractivity (Wildman–Crippen MR) is 86.9 cm³/mol.